The second-order valence-corrected chi connectivity index (χ2v) is 5.20. The number of nitrogens with zero attached hydrogens (tertiary/aromatic N) is 1. The summed E-state index contributed by atoms with van der Waals surface area (Å²) in [4.78, 5) is 7.84. The summed E-state index contributed by atoms with van der Waals surface area (Å²) in [6, 6.07) is 8.33. The molecule has 0 fully saturated rings. The van der Waals surface area contributed by atoms with Gasteiger partial charge in [0.25, 0.3) is 0 Å². The van der Waals surface area contributed by atoms with Crippen LogP contribution in [0.3, 0.4) is 0 Å². The van der Waals surface area contributed by atoms with Crippen LogP contribution in [0.2, 0.25) is 0 Å². The molecule has 0 saturated carbocycles. The maximum absolute atomic E-state index is 4.58. The van der Waals surface area contributed by atoms with Crippen molar-refractivity contribution in [1.29, 1.82) is 0 Å². The molecule has 2 nitrogen and oxygen atoms in total. The second-order valence-electron chi connectivity index (χ2n) is 3.35. The third-order valence-electron chi connectivity index (χ3n) is 2.40. The van der Waals surface area contributed by atoms with Crippen LogP contribution in [0.25, 0.3) is 10.9 Å². The van der Waals surface area contributed by atoms with Gasteiger partial charge in [0.1, 0.15) is 4.38 Å². The third-order valence-corrected chi connectivity index (χ3v) is 4.36. The average molecular weight is 250 g/mol. The summed E-state index contributed by atoms with van der Waals surface area (Å²) in [5.41, 5.74) is 2.44. The first-order valence-corrected chi connectivity index (χ1v) is 7.47. The van der Waals surface area contributed by atoms with E-state index in [1.807, 2.05) is 12.3 Å². The third kappa shape index (κ3) is 2.44. The number of benzene rings is 1. The molecule has 0 aliphatic heterocycles. The smallest absolute Gasteiger partial charge is 0.124 e. The summed E-state index contributed by atoms with van der Waals surface area (Å²) in [6.45, 7) is 0.751. The van der Waals surface area contributed by atoms with Crippen LogP contribution >= 0.6 is 23.5 Å². The normalized spacial score (nSPS) is 10.6. The summed E-state index contributed by atoms with van der Waals surface area (Å²) in [5, 5.41) is 1.27. The first-order valence-electron chi connectivity index (χ1n) is 5.02. The van der Waals surface area contributed by atoms with E-state index in [1.165, 1.54) is 16.5 Å². The lowest BCUT2D eigenvalue weighted by molar-refractivity contribution is 1.09. The van der Waals surface area contributed by atoms with Crippen LogP contribution in [0, 0.1) is 0 Å². The molecular formula is C12H14N2S2. The Morgan fingerprint density at radius 2 is 2.00 bits per heavy atom. The highest BCUT2D eigenvalue weighted by molar-refractivity contribution is 8.38. The van der Waals surface area contributed by atoms with Crippen LogP contribution in [0.1, 0.15) is 5.56 Å². The summed E-state index contributed by atoms with van der Waals surface area (Å²) < 4.78 is 1.13. The van der Waals surface area contributed by atoms with Gasteiger partial charge >= 0.3 is 0 Å². The van der Waals surface area contributed by atoms with Crippen molar-refractivity contribution >= 4 is 38.8 Å². The van der Waals surface area contributed by atoms with Crippen molar-refractivity contribution in [1.82, 2.24) is 4.98 Å². The van der Waals surface area contributed by atoms with Crippen molar-refractivity contribution in [3.05, 3.63) is 36.0 Å². The largest absolute Gasteiger partial charge is 0.361 e. The molecule has 4 heteroatoms. The summed E-state index contributed by atoms with van der Waals surface area (Å²) in [6.07, 6.45) is 6.17. The Morgan fingerprint density at radius 1 is 1.25 bits per heavy atom. The first-order chi connectivity index (χ1) is 7.85. The van der Waals surface area contributed by atoms with Gasteiger partial charge in [0.05, 0.1) is 6.54 Å². The van der Waals surface area contributed by atoms with Crippen molar-refractivity contribution in [2.75, 3.05) is 12.5 Å². The highest BCUT2D eigenvalue weighted by Crippen LogP contribution is 2.20. The predicted molar refractivity (Wildman–Crippen MR) is 76.5 cm³/mol. The van der Waals surface area contributed by atoms with Crippen LogP contribution in [0.5, 0.6) is 0 Å². The van der Waals surface area contributed by atoms with E-state index in [1.54, 1.807) is 23.5 Å². The van der Waals surface area contributed by atoms with Gasteiger partial charge in [-0.1, -0.05) is 18.2 Å². The zero-order valence-electron chi connectivity index (χ0n) is 9.36. The molecule has 16 heavy (non-hydrogen) atoms. The van der Waals surface area contributed by atoms with Crippen LogP contribution in [0.15, 0.2) is 35.5 Å². The first kappa shape index (κ1) is 11.6. The Hall–Kier alpha value is -0.870. The van der Waals surface area contributed by atoms with Crippen molar-refractivity contribution in [3.63, 3.8) is 0 Å². The number of rotatable bonds is 2. The number of para-hydroxylation sites is 1. The quantitative estimate of drug-likeness (QED) is 0.649. The molecule has 0 aliphatic carbocycles. The fourth-order valence-electron chi connectivity index (χ4n) is 1.62. The Bertz CT molecular complexity index is 496. The van der Waals surface area contributed by atoms with Gasteiger partial charge in [-0.2, -0.15) is 0 Å². The van der Waals surface area contributed by atoms with Gasteiger partial charge < -0.3 is 4.98 Å². The number of nitrogens with one attached hydrogen (secondary N) is 1. The minimum Gasteiger partial charge on any atom is -0.361 e. The number of aromatic nitrogens is 1. The molecule has 1 N–H and O–H groups in total. The lowest BCUT2D eigenvalue weighted by Crippen LogP contribution is -1.85. The fourth-order valence-corrected chi connectivity index (χ4v) is 2.68. The minimum absolute atomic E-state index is 0.751. The van der Waals surface area contributed by atoms with Gasteiger partial charge in [-0.05, 0) is 24.1 Å². The summed E-state index contributed by atoms with van der Waals surface area (Å²) >= 11 is 3.40. The van der Waals surface area contributed by atoms with Crippen LogP contribution in [-0.2, 0) is 6.54 Å². The zero-order valence-corrected chi connectivity index (χ0v) is 11.0. The maximum Gasteiger partial charge on any atom is 0.124 e. The fraction of sp³-hybridized carbons (Fsp3) is 0.250. The van der Waals surface area contributed by atoms with Gasteiger partial charge in [0.2, 0.25) is 0 Å². The average Bonchev–Trinajstić information content (AvgIpc) is 2.74. The number of aromatic amines is 1. The van der Waals surface area contributed by atoms with Crippen molar-refractivity contribution in [3.8, 4) is 0 Å². The molecule has 0 radical (unpaired) electrons. The molecule has 0 atom stereocenters. The molecule has 2 rings (SSSR count). The van der Waals surface area contributed by atoms with E-state index >= 15 is 0 Å². The van der Waals surface area contributed by atoms with Crippen molar-refractivity contribution < 1.29 is 0 Å². The molecule has 0 amide bonds. The molecule has 0 bridgehead atoms. The number of fused-ring (bicyclic) bond motifs is 1. The Balaban J connectivity index is 2.25. The van der Waals surface area contributed by atoms with E-state index in [4.69, 9.17) is 0 Å². The maximum atomic E-state index is 4.58. The van der Waals surface area contributed by atoms with E-state index in [0.717, 1.165) is 10.9 Å². The Kier molecular flexibility index (Phi) is 3.96. The number of thioether (sulfide) groups is 2. The Labute approximate surface area is 104 Å². The van der Waals surface area contributed by atoms with E-state index in [-0.39, 0.29) is 0 Å². The molecule has 2 aromatic rings. The van der Waals surface area contributed by atoms with E-state index in [9.17, 15) is 0 Å². The molecule has 0 saturated heterocycles. The lowest BCUT2D eigenvalue weighted by atomic mass is 10.2. The van der Waals surface area contributed by atoms with Crippen LogP contribution in [0.4, 0.5) is 0 Å². The zero-order chi connectivity index (χ0) is 11.4. The second kappa shape index (κ2) is 5.46. The van der Waals surface area contributed by atoms with E-state index < -0.39 is 0 Å². The number of H-pyrrole nitrogens is 1. The van der Waals surface area contributed by atoms with Crippen molar-refractivity contribution in [2.24, 2.45) is 4.99 Å². The summed E-state index contributed by atoms with van der Waals surface area (Å²) in [5.74, 6) is 0. The molecule has 0 aliphatic rings. The lowest BCUT2D eigenvalue weighted by Gasteiger charge is -1.98. The molecule has 0 spiro atoms. The molecule has 1 aromatic heterocycles. The highest BCUT2D eigenvalue weighted by atomic mass is 32.2. The van der Waals surface area contributed by atoms with Crippen molar-refractivity contribution in [2.45, 2.75) is 6.54 Å². The molecule has 1 heterocycles. The van der Waals surface area contributed by atoms with Gasteiger partial charge in [-0.25, -0.2) is 0 Å². The monoisotopic (exact) mass is 250 g/mol. The van der Waals surface area contributed by atoms with Gasteiger partial charge in [0, 0.05) is 17.1 Å². The Morgan fingerprint density at radius 3 is 2.75 bits per heavy atom. The van der Waals surface area contributed by atoms with Crippen LogP contribution in [-0.4, -0.2) is 21.9 Å². The molecule has 0 unspecified atom stereocenters. The van der Waals surface area contributed by atoms with Crippen LogP contribution < -0.4 is 0 Å². The SMILES string of the molecule is CSC(=NCc1c[nH]c2ccccc12)SC. The number of aliphatic imine (C=N–C) groups is 1. The highest BCUT2D eigenvalue weighted by Gasteiger charge is 2.02. The van der Waals surface area contributed by atoms with E-state index in [2.05, 4.69) is 40.7 Å². The van der Waals surface area contributed by atoms with Gasteiger partial charge in [0.15, 0.2) is 0 Å². The minimum atomic E-state index is 0.751. The van der Waals surface area contributed by atoms with Gasteiger partial charge in [-0.15, -0.1) is 23.5 Å². The van der Waals surface area contributed by atoms with E-state index in [0.29, 0.717) is 0 Å². The predicted octanol–water partition coefficient (Wildman–Crippen LogP) is 3.75. The number of hydrogen-bond donors (Lipinski definition) is 1. The topological polar surface area (TPSA) is 28.1 Å². The number of hydrogen-bond acceptors (Lipinski definition) is 3. The molecular weight excluding hydrogens is 236 g/mol. The summed E-state index contributed by atoms with van der Waals surface area (Å²) in [7, 11) is 0. The standard InChI is InChI=1S/C12H14N2S2/c1-15-12(16-2)14-8-9-7-13-11-6-4-3-5-10(9)11/h3-7,13H,8H2,1-2H3. The van der Waals surface area contributed by atoms with Gasteiger partial charge in [-0.3, -0.25) is 4.99 Å². The molecule has 1 aromatic carbocycles. The molecule has 84 valence electrons.